The molecule has 25 heavy (non-hydrogen) atoms. The van der Waals surface area contributed by atoms with Gasteiger partial charge in [-0.15, -0.1) is 0 Å². The van der Waals surface area contributed by atoms with Crippen LogP contribution in [0.15, 0.2) is 49.2 Å². The van der Waals surface area contributed by atoms with Gasteiger partial charge < -0.3 is 15.2 Å². The van der Waals surface area contributed by atoms with Gasteiger partial charge in [0.1, 0.15) is 0 Å². The van der Waals surface area contributed by atoms with E-state index in [1.54, 1.807) is 30.9 Å². The number of hydrogen-bond acceptors (Lipinski definition) is 4. The van der Waals surface area contributed by atoms with E-state index in [2.05, 4.69) is 36.3 Å². The van der Waals surface area contributed by atoms with Crippen LogP contribution in [0.5, 0.6) is 0 Å². The largest absolute Gasteiger partial charge is 0.354 e. The highest BCUT2D eigenvalue weighted by molar-refractivity contribution is 5.89. The quantitative estimate of drug-likeness (QED) is 0.720. The zero-order valence-electron chi connectivity index (χ0n) is 14.3. The number of rotatable bonds is 6. The van der Waals surface area contributed by atoms with Crippen molar-refractivity contribution in [3.05, 3.63) is 54.9 Å². The summed E-state index contributed by atoms with van der Waals surface area (Å²) in [7, 11) is 2.02. The van der Waals surface area contributed by atoms with E-state index in [0.29, 0.717) is 11.6 Å². The van der Waals surface area contributed by atoms with Crippen LogP contribution in [-0.2, 0) is 13.5 Å². The number of amides is 2. The standard InChI is InChI=1S/C17H21N7O/c1-13(6-7-15-5-3-10-23(15)2)21-17(25)22-14-11-20-24(12-14)16-18-8-4-9-19-16/h3-5,8-13H,6-7H2,1-2H3,(H2,21,22,25)/t13-/m0/s1. The average molecular weight is 339 g/mol. The molecule has 8 heteroatoms. The number of anilines is 1. The van der Waals surface area contributed by atoms with E-state index in [1.165, 1.54) is 10.4 Å². The Kier molecular flexibility index (Phi) is 5.08. The fraction of sp³-hybridized carbons (Fsp3) is 0.294. The number of aromatic nitrogens is 5. The maximum Gasteiger partial charge on any atom is 0.319 e. The first kappa shape index (κ1) is 16.7. The van der Waals surface area contributed by atoms with Gasteiger partial charge in [-0.3, -0.25) is 0 Å². The number of carbonyl (C=O) groups excluding carboxylic acids is 1. The lowest BCUT2D eigenvalue weighted by Crippen LogP contribution is -2.36. The summed E-state index contributed by atoms with van der Waals surface area (Å²) < 4.78 is 3.60. The Morgan fingerprint density at radius 2 is 2.08 bits per heavy atom. The average Bonchev–Trinajstić information content (AvgIpc) is 3.23. The molecule has 3 rings (SSSR count). The minimum atomic E-state index is -0.257. The van der Waals surface area contributed by atoms with Crippen LogP contribution in [0.25, 0.3) is 5.95 Å². The third kappa shape index (κ3) is 4.43. The summed E-state index contributed by atoms with van der Waals surface area (Å²) in [6.07, 6.45) is 10.3. The third-order valence-corrected chi connectivity index (χ3v) is 3.86. The number of nitrogens with one attached hydrogen (secondary N) is 2. The second kappa shape index (κ2) is 7.61. The predicted molar refractivity (Wildman–Crippen MR) is 94.5 cm³/mol. The van der Waals surface area contributed by atoms with Gasteiger partial charge in [-0.2, -0.15) is 5.10 Å². The van der Waals surface area contributed by atoms with Gasteiger partial charge in [0, 0.05) is 37.4 Å². The van der Waals surface area contributed by atoms with Crippen molar-refractivity contribution in [2.75, 3.05) is 5.32 Å². The first-order chi connectivity index (χ1) is 12.1. The smallest absolute Gasteiger partial charge is 0.319 e. The van der Waals surface area contributed by atoms with Crippen molar-refractivity contribution in [1.82, 2.24) is 29.6 Å². The van der Waals surface area contributed by atoms with Gasteiger partial charge >= 0.3 is 6.03 Å². The van der Waals surface area contributed by atoms with E-state index in [0.717, 1.165) is 12.8 Å². The molecule has 1 atom stereocenters. The zero-order chi connectivity index (χ0) is 17.6. The highest BCUT2D eigenvalue weighted by Crippen LogP contribution is 2.09. The SMILES string of the molecule is C[C@@H](CCc1cccn1C)NC(=O)Nc1cnn(-c2ncccn2)c1. The third-order valence-electron chi connectivity index (χ3n) is 3.86. The Hall–Kier alpha value is -3.16. The molecule has 2 N–H and O–H groups in total. The topological polar surface area (TPSA) is 89.7 Å². The molecule has 130 valence electrons. The molecule has 0 bridgehead atoms. The van der Waals surface area contributed by atoms with Crippen LogP contribution in [0, 0.1) is 0 Å². The fourth-order valence-corrected chi connectivity index (χ4v) is 2.49. The number of hydrogen-bond donors (Lipinski definition) is 2. The molecule has 8 nitrogen and oxygen atoms in total. The summed E-state index contributed by atoms with van der Waals surface area (Å²) >= 11 is 0. The second-order valence-corrected chi connectivity index (χ2v) is 5.87. The Morgan fingerprint density at radius 1 is 1.28 bits per heavy atom. The van der Waals surface area contributed by atoms with Crippen LogP contribution < -0.4 is 10.6 Å². The maximum absolute atomic E-state index is 12.1. The summed E-state index contributed by atoms with van der Waals surface area (Å²) in [5, 5.41) is 9.85. The molecular formula is C17H21N7O. The van der Waals surface area contributed by atoms with Crippen LogP contribution in [0.4, 0.5) is 10.5 Å². The molecule has 0 fully saturated rings. The molecule has 3 heterocycles. The fourth-order valence-electron chi connectivity index (χ4n) is 2.49. The highest BCUT2D eigenvalue weighted by Gasteiger charge is 2.10. The van der Waals surface area contributed by atoms with Crippen molar-refractivity contribution >= 4 is 11.7 Å². The maximum atomic E-state index is 12.1. The predicted octanol–water partition coefficient (Wildman–Crippen LogP) is 2.14. The van der Waals surface area contributed by atoms with E-state index in [-0.39, 0.29) is 12.1 Å². The first-order valence-electron chi connectivity index (χ1n) is 8.11. The van der Waals surface area contributed by atoms with Crippen molar-refractivity contribution in [1.29, 1.82) is 0 Å². The number of urea groups is 1. The molecular weight excluding hydrogens is 318 g/mol. The van der Waals surface area contributed by atoms with Gasteiger partial charge in [0.2, 0.25) is 5.95 Å². The van der Waals surface area contributed by atoms with Crippen LogP contribution >= 0.6 is 0 Å². The molecule has 0 aromatic carbocycles. The lowest BCUT2D eigenvalue weighted by atomic mass is 10.1. The number of nitrogens with zero attached hydrogens (tertiary/aromatic N) is 5. The Morgan fingerprint density at radius 3 is 2.80 bits per heavy atom. The van der Waals surface area contributed by atoms with Gasteiger partial charge in [0.05, 0.1) is 18.1 Å². The van der Waals surface area contributed by atoms with Gasteiger partial charge in [0.25, 0.3) is 0 Å². The number of carbonyl (C=O) groups is 1. The van der Waals surface area contributed by atoms with Crippen molar-refractivity contribution < 1.29 is 4.79 Å². The van der Waals surface area contributed by atoms with Crippen molar-refractivity contribution in [3.63, 3.8) is 0 Å². The molecule has 2 amide bonds. The normalized spacial score (nSPS) is 11.9. The zero-order valence-corrected chi connectivity index (χ0v) is 14.3. The Labute approximate surface area is 145 Å². The van der Waals surface area contributed by atoms with Crippen LogP contribution in [0.2, 0.25) is 0 Å². The monoisotopic (exact) mass is 339 g/mol. The molecule has 3 aromatic heterocycles. The lowest BCUT2D eigenvalue weighted by molar-refractivity contribution is 0.248. The van der Waals surface area contributed by atoms with E-state index in [4.69, 9.17) is 0 Å². The van der Waals surface area contributed by atoms with Gasteiger partial charge in [-0.05, 0) is 38.0 Å². The minimum Gasteiger partial charge on any atom is -0.354 e. The van der Waals surface area contributed by atoms with Gasteiger partial charge in [0.15, 0.2) is 0 Å². The van der Waals surface area contributed by atoms with Crippen LogP contribution in [0.1, 0.15) is 19.0 Å². The number of aryl methyl sites for hydroxylation is 2. The van der Waals surface area contributed by atoms with Crippen LogP contribution in [-0.4, -0.2) is 36.4 Å². The molecule has 0 unspecified atom stereocenters. The van der Waals surface area contributed by atoms with Crippen molar-refractivity contribution in [2.24, 2.45) is 7.05 Å². The summed E-state index contributed by atoms with van der Waals surface area (Å²) in [5.74, 6) is 0.451. The molecule has 0 spiro atoms. The highest BCUT2D eigenvalue weighted by atomic mass is 16.2. The summed E-state index contributed by atoms with van der Waals surface area (Å²) in [6.45, 7) is 1.99. The minimum absolute atomic E-state index is 0.0578. The summed E-state index contributed by atoms with van der Waals surface area (Å²) in [4.78, 5) is 20.3. The molecule has 0 aliphatic rings. The molecule has 3 aromatic rings. The molecule has 0 aliphatic heterocycles. The molecule has 0 saturated carbocycles. The Balaban J connectivity index is 1.49. The van der Waals surface area contributed by atoms with Crippen LogP contribution in [0.3, 0.4) is 0 Å². The van der Waals surface area contributed by atoms with Crippen molar-refractivity contribution in [2.45, 2.75) is 25.8 Å². The molecule has 0 aliphatic carbocycles. The van der Waals surface area contributed by atoms with E-state index >= 15 is 0 Å². The molecule has 0 radical (unpaired) electrons. The Bertz CT molecular complexity index is 824. The van der Waals surface area contributed by atoms with Gasteiger partial charge in [-0.1, -0.05) is 0 Å². The lowest BCUT2D eigenvalue weighted by Gasteiger charge is -2.14. The van der Waals surface area contributed by atoms with E-state index in [9.17, 15) is 4.79 Å². The first-order valence-corrected chi connectivity index (χ1v) is 8.11. The summed E-state index contributed by atoms with van der Waals surface area (Å²) in [5.41, 5.74) is 1.83. The van der Waals surface area contributed by atoms with E-state index < -0.39 is 0 Å². The molecule has 0 saturated heterocycles. The second-order valence-electron chi connectivity index (χ2n) is 5.87. The van der Waals surface area contributed by atoms with E-state index in [1.807, 2.05) is 26.2 Å². The van der Waals surface area contributed by atoms with Gasteiger partial charge in [-0.25, -0.2) is 19.4 Å². The summed E-state index contributed by atoms with van der Waals surface area (Å²) in [6, 6.07) is 5.65. The van der Waals surface area contributed by atoms with Crippen molar-refractivity contribution in [3.8, 4) is 5.95 Å².